The van der Waals surface area contributed by atoms with Gasteiger partial charge in [-0.1, -0.05) is 18.2 Å². The Kier molecular flexibility index (Phi) is 6.57. The number of amides is 1. The third kappa shape index (κ3) is 5.07. The molecule has 0 aliphatic heterocycles. The number of nitrogens with one attached hydrogen (secondary N) is 1. The fourth-order valence-corrected chi connectivity index (χ4v) is 3.40. The Morgan fingerprint density at radius 2 is 1.78 bits per heavy atom. The molecular weight excluding hydrogens is 368 g/mol. The normalized spacial score (nSPS) is 12.9. The number of thioether (sulfide) groups is 1. The lowest BCUT2D eigenvalue weighted by atomic mass is 9.97. The first-order valence-electron chi connectivity index (χ1n) is 8.21. The van der Waals surface area contributed by atoms with Gasteiger partial charge in [-0.2, -0.15) is 0 Å². The van der Waals surface area contributed by atoms with Crippen molar-refractivity contribution in [3.63, 3.8) is 0 Å². The highest BCUT2D eigenvalue weighted by Gasteiger charge is 2.26. The van der Waals surface area contributed by atoms with E-state index in [-0.39, 0.29) is 5.69 Å². The molecule has 2 rings (SSSR count). The van der Waals surface area contributed by atoms with Crippen LogP contribution in [0.1, 0.15) is 29.7 Å². The second-order valence-electron chi connectivity index (χ2n) is 6.08. The minimum absolute atomic E-state index is 0.0303. The van der Waals surface area contributed by atoms with Crippen molar-refractivity contribution in [2.45, 2.75) is 37.0 Å². The van der Waals surface area contributed by atoms with Gasteiger partial charge in [0, 0.05) is 17.0 Å². The number of hydrogen-bond donors (Lipinski definition) is 2. The first-order chi connectivity index (χ1) is 12.7. The molecule has 0 radical (unpaired) electrons. The van der Waals surface area contributed by atoms with Gasteiger partial charge in [0.05, 0.1) is 10.2 Å². The summed E-state index contributed by atoms with van der Waals surface area (Å²) in [5.74, 6) is -1.56. The lowest BCUT2D eigenvalue weighted by Crippen LogP contribution is -2.38. The number of nitrogens with zero attached hydrogens (tertiary/aromatic N) is 1. The number of hydrogen-bond acceptors (Lipinski definition) is 5. The number of aliphatic carboxylic acids is 1. The van der Waals surface area contributed by atoms with E-state index in [2.05, 4.69) is 5.32 Å². The highest BCUT2D eigenvalue weighted by molar-refractivity contribution is 8.00. The van der Waals surface area contributed by atoms with Crippen molar-refractivity contribution in [2.24, 2.45) is 0 Å². The van der Waals surface area contributed by atoms with Crippen LogP contribution < -0.4 is 5.32 Å². The number of carboxylic acids is 1. The number of carboxylic acid groups (broad SMARTS) is 1. The fourth-order valence-electron chi connectivity index (χ4n) is 2.52. The van der Waals surface area contributed by atoms with E-state index >= 15 is 0 Å². The van der Waals surface area contributed by atoms with Crippen molar-refractivity contribution in [3.05, 3.63) is 69.3 Å². The molecule has 2 aromatic rings. The van der Waals surface area contributed by atoms with Crippen LogP contribution >= 0.6 is 11.8 Å². The number of non-ortho nitro benzene ring substituents is 1. The lowest BCUT2D eigenvalue weighted by Gasteiger charge is -2.20. The number of nitro groups is 1. The Balaban J connectivity index is 2.11. The first kappa shape index (κ1) is 20.4. The molecule has 0 aromatic heterocycles. The molecule has 0 aliphatic rings. The molecule has 8 heteroatoms. The van der Waals surface area contributed by atoms with Crippen molar-refractivity contribution in [3.8, 4) is 0 Å². The second-order valence-corrected chi connectivity index (χ2v) is 7.49. The molecule has 27 heavy (non-hydrogen) atoms. The molecule has 0 heterocycles. The van der Waals surface area contributed by atoms with Crippen molar-refractivity contribution in [1.82, 2.24) is 5.32 Å². The molecule has 0 saturated carbocycles. The van der Waals surface area contributed by atoms with Gasteiger partial charge in [-0.3, -0.25) is 14.9 Å². The van der Waals surface area contributed by atoms with Crippen LogP contribution in [0, 0.1) is 24.0 Å². The summed E-state index contributed by atoms with van der Waals surface area (Å²) in [5, 5.41) is 22.3. The molecule has 2 unspecified atom stereocenters. The maximum Gasteiger partial charge on any atom is 0.330 e. The molecule has 0 bridgehead atoms. The van der Waals surface area contributed by atoms with Crippen LogP contribution in [0.4, 0.5) is 5.69 Å². The molecule has 0 saturated heterocycles. The van der Waals surface area contributed by atoms with E-state index in [0.29, 0.717) is 10.5 Å². The van der Waals surface area contributed by atoms with Gasteiger partial charge in [0.2, 0.25) is 5.91 Å². The zero-order valence-corrected chi connectivity index (χ0v) is 15.9. The second kappa shape index (κ2) is 8.68. The summed E-state index contributed by atoms with van der Waals surface area (Å²) in [7, 11) is 0. The molecule has 0 spiro atoms. The van der Waals surface area contributed by atoms with Crippen LogP contribution in [0.2, 0.25) is 0 Å². The zero-order chi connectivity index (χ0) is 20.1. The van der Waals surface area contributed by atoms with E-state index in [1.807, 2.05) is 19.9 Å². The quantitative estimate of drug-likeness (QED) is 0.426. The number of carbonyl (C=O) groups excluding carboxylic acids is 1. The Labute approximate surface area is 160 Å². The molecule has 0 aliphatic carbocycles. The molecule has 142 valence electrons. The minimum Gasteiger partial charge on any atom is -0.479 e. The van der Waals surface area contributed by atoms with E-state index < -0.39 is 28.1 Å². The SMILES string of the molecule is Cc1cccc(C(NC(=O)C(C)Sc2ccc([N+](=O)[O-])cc2)C(=O)O)c1C. The molecule has 2 aromatic carbocycles. The van der Waals surface area contributed by atoms with E-state index in [1.54, 1.807) is 31.2 Å². The van der Waals surface area contributed by atoms with Crippen molar-refractivity contribution >= 4 is 29.3 Å². The standard InChI is InChI=1S/C19H20N2O5S/c1-11-5-4-6-16(12(11)2)17(19(23)24)20-18(22)13(3)27-15-9-7-14(8-10-15)21(25)26/h4-10,13,17H,1-3H3,(H,20,22)(H,23,24). The third-order valence-corrected chi connectivity index (χ3v) is 5.33. The summed E-state index contributed by atoms with van der Waals surface area (Å²) in [6.45, 7) is 5.36. The van der Waals surface area contributed by atoms with Crippen LogP contribution in [0.15, 0.2) is 47.4 Å². The Morgan fingerprint density at radius 1 is 1.15 bits per heavy atom. The summed E-state index contributed by atoms with van der Waals surface area (Å²) in [6.07, 6.45) is 0. The summed E-state index contributed by atoms with van der Waals surface area (Å²) in [6, 6.07) is 10.0. The number of rotatable bonds is 7. The zero-order valence-electron chi connectivity index (χ0n) is 15.1. The molecular formula is C19H20N2O5S. The largest absolute Gasteiger partial charge is 0.479 e. The van der Waals surface area contributed by atoms with Crippen LogP contribution in [0.25, 0.3) is 0 Å². The first-order valence-corrected chi connectivity index (χ1v) is 9.09. The summed E-state index contributed by atoms with van der Waals surface area (Å²) in [4.78, 5) is 35.1. The maximum absolute atomic E-state index is 12.5. The van der Waals surface area contributed by atoms with E-state index in [1.165, 1.54) is 23.9 Å². The lowest BCUT2D eigenvalue weighted by molar-refractivity contribution is -0.384. The minimum atomic E-state index is -1.14. The van der Waals surface area contributed by atoms with Crippen LogP contribution in [0.3, 0.4) is 0 Å². The Bertz CT molecular complexity index is 867. The molecule has 2 atom stereocenters. The average molecular weight is 388 g/mol. The maximum atomic E-state index is 12.5. The van der Waals surface area contributed by atoms with Gasteiger partial charge < -0.3 is 10.4 Å². The van der Waals surface area contributed by atoms with Gasteiger partial charge in [-0.05, 0) is 49.6 Å². The van der Waals surface area contributed by atoms with Gasteiger partial charge in [-0.15, -0.1) is 11.8 Å². The van der Waals surface area contributed by atoms with Gasteiger partial charge in [0.15, 0.2) is 6.04 Å². The summed E-state index contributed by atoms with van der Waals surface area (Å²) >= 11 is 1.20. The van der Waals surface area contributed by atoms with Crippen LogP contribution in [-0.2, 0) is 9.59 Å². The van der Waals surface area contributed by atoms with E-state index in [4.69, 9.17) is 0 Å². The summed E-state index contributed by atoms with van der Waals surface area (Å²) < 4.78 is 0. The topological polar surface area (TPSA) is 110 Å². The molecule has 1 amide bonds. The van der Waals surface area contributed by atoms with Crippen molar-refractivity contribution < 1.29 is 19.6 Å². The van der Waals surface area contributed by atoms with Gasteiger partial charge >= 0.3 is 5.97 Å². The number of aryl methyl sites for hydroxylation is 1. The monoisotopic (exact) mass is 388 g/mol. The predicted molar refractivity (Wildman–Crippen MR) is 103 cm³/mol. The molecule has 0 fully saturated rings. The van der Waals surface area contributed by atoms with Gasteiger partial charge in [-0.25, -0.2) is 4.79 Å². The van der Waals surface area contributed by atoms with E-state index in [9.17, 15) is 24.8 Å². The third-order valence-electron chi connectivity index (χ3n) is 4.22. The van der Waals surface area contributed by atoms with Crippen molar-refractivity contribution in [1.29, 1.82) is 0 Å². The average Bonchev–Trinajstić information content (AvgIpc) is 2.62. The number of nitro benzene ring substituents is 1. The molecule has 7 nitrogen and oxygen atoms in total. The van der Waals surface area contributed by atoms with E-state index in [0.717, 1.165) is 11.1 Å². The van der Waals surface area contributed by atoms with Crippen LogP contribution in [0.5, 0.6) is 0 Å². The van der Waals surface area contributed by atoms with Gasteiger partial charge in [0.1, 0.15) is 0 Å². The van der Waals surface area contributed by atoms with Gasteiger partial charge in [0.25, 0.3) is 5.69 Å². The highest BCUT2D eigenvalue weighted by atomic mass is 32.2. The van der Waals surface area contributed by atoms with Crippen molar-refractivity contribution in [2.75, 3.05) is 0 Å². The summed E-state index contributed by atoms with van der Waals surface area (Å²) in [5.41, 5.74) is 2.28. The molecule has 2 N–H and O–H groups in total. The smallest absolute Gasteiger partial charge is 0.330 e. The number of carbonyl (C=O) groups is 2. The van der Waals surface area contributed by atoms with Crippen LogP contribution in [-0.4, -0.2) is 27.2 Å². The number of benzene rings is 2. The predicted octanol–water partition coefficient (Wildman–Crippen LogP) is 3.63. The Hall–Kier alpha value is -2.87. The Morgan fingerprint density at radius 3 is 2.33 bits per heavy atom. The highest BCUT2D eigenvalue weighted by Crippen LogP contribution is 2.27. The fraction of sp³-hybridized carbons (Fsp3) is 0.263.